The second kappa shape index (κ2) is 8.11. The summed E-state index contributed by atoms with van der Waals surface area (Å²) in [6.07, 6.45) is 0. The largest absolute Gasteiger partial charge is 0.478 e. The van der Waals surface area contributed by atoms with Crippen LogP contribution >= 0.6 is 0 Å². The number of carboxylic acid groups (broad SMARTS) is 1. The molecule has 1 amide bonds. The first-order chi connectivity index (χ1) is 12.3. The van der Waals surface area contributed by atoms with Crippen LogP contribution in [-0.2, 0) is 10.0 Å². The Hall–Kier alpha value is -2.71. The van der Waals surface area contributed by atoms with Crippen molar-refractivity contribution in [3.63, 3.8) is 0 Å². The van der Waals surface area contributed by atoms with Crippen LogP contribution in [0.15, 0.2) is 53.4 Å². The normalized spacial score (nSPS) is 11.3. The first-order valence-corrected chi connectivity index (χ1v) is 9.48. The highest BCUT2D eigenvalue weighted by Gasteiger charge is 2.22. The number of sulfonamides is 1. The van der Waals surface area contributed by atoms with Gasteiger partial charge in [0.15, 0.2) is 0 Å². The average molecular weight is 376 g/mol. The van der Waals surface area contributed by atoms with Gasteiger partial charge in [-0.2, -0.15) is 4.31 Å². The topological polar surface area (TPSA) is 104 Å². The summed E-state index contributed by atoms with van der Waals surface area (Å²) in [6.45, 7) is 4.15. The maximum atomic E-state index is 12.6. The van der Waals surface area contributed by atoms with E-state index in [9.17, 15) is 18.0 Å². The van der Waals surface area contributed by atoms with Gasteiger partial charge >= 0.3 is 5.97 Å². The summed E-state index contributed by atoms with van der Waals surface area (Å²) < 4.78 is 26.5. The summed E-state index contributed by atoms with van der Waals surface area (Å²) in [7, 11) is -3.67. The van der Waals surface area contributed by atoms with Crippen molar-refractivity contribution in [2.45, 2.75) is 18.7 Å². The van der Waals surface area contributed by atoms with Gasteiger partial charge in [0.1, 0.15) is 0 Å². The molecule has 0 heterocycles. The number of nitrogens with one attached hydrogen (secondary N) is 1. The third-order valence-corrected chi connectivity index (χ3v) is 5.85. The van der Waals surface area contributed by atoms with Crippen molar-refractivity contribution in [3.8, 4) is 0 Å². The van der Waals surface area contributed by atoms with Crippen molar-refractivity contribution in [2.75, 3.05) is 18.4 Å². The third-order valence-electron chi connectivity index (χ3n) is 3.81. The van der Waals surface area contributed by atoms with Gasteiger partial charge in [0, 0.05) is 24.3 Å². The molecule has 2 rings (SSSR count). The molecule has 0 saturated carbocycles. The van der Waals surface area contributed by atoms with Crippen molar-refractivity contribution in [1.29, 1.82) is 0 Å². The van der Waals surface area contributed by atoms with Crippen molar-refractivity contribution < 1.29 is 23.1 Å². The van der Waals surface area contributed by atoms with E-state index in [1.54, 1.807) is 19.9 Å². The molecule has 0 fully saturated rings. The lowest BCUT2D eigenvalue weighted by Crippen LogP contribution is -2.30. The Balaban J connectivity index is 2.29. The zero-order valence-electron chi connectivity index (χ0n) is 14.5. The number of benzene rings is 2. The van der Waals surface area contributed by atoms with Crippen LogP contribution in [0, 0.1) is 0 Å². The fourth-order valence-electron chi connectivity index (χ4n) is 2.44. The SMILES string of the molecule is CCN(CC)S(=O)(=O)c1cccc(C(=O)Nc2cccc(C(=O)O)c2)c1. The summed E-state index contributed by atoms with van der Waals surface area (Å²) in [6, 6.07) is 11.6. The fourth-order valence-corrected chi connectivity index (χ4v) is 3.95. The number of carboxylic acids is 1. The lowest BCUT2D eigenvalue weighted by molar-refractivity contribution is 0.0696. The van der Waals surface area contributed by atoms with E-state index < -0.39 is 21.9 Å². The van der Waals surface area contributed by atoms with E-state index in [1.165, 1.54) is 46.8 Å². The Morgan fingerprint density at radius 1 is 1.00 bits per heavy atom. The molecular weight excluding hydrogens is 356 g/mol. The predicted octanol–water partition coefficient (Wildman–Crippen LogP) is 2.67. The fraction of sp³-hybridized carbons (Fsp3) is 0.222. The van der Waals surface area contributed by atoms with Gasteiger partial charge in [0.05, 0.1) is 10.5 Å². The van der Waals surface area contributed by atoms with E-state index in [0.717, 1.165) is 0 Å². The molecule has 0 aliphatic rings. The number of aromatic carboxylic acids is 1. The highest BCUT2D eigenvalue weighted by atomic mass is 32.2. The van der Waals surface area contributed by atoms with Crippen LogP contribution in [0.5, 0.6) is 0 Å². The molecule has 0 saturated heterocycles. The zero-order chi connectivity index (χ0) is 19.3. The van der Waals surface area contributed by atoms with Crippen molar-refractivity contribution in [3.05, 3.63) is 59.7 Å². The van der Waals surface area contributed by atoms with Gasteiger partial charge < -0.3 is 10.4 Å². The highest BCUT2D eigenvalue weighted by molar-refractivity contribution is 7.89. The smallest absolute Gasteiger partial charge is 0.335 e. The number of carbonyl (C=O) groups is 2. The van der Waals surface area contributed by atoms with E-state index in [1.807, 2.05) is 0 Å². The molecule has 2 aromatic rings. The van der Waals surface area contributed by atoms with E-state index in [4.69, 9.17) is 5.11 Å². The molecule has 0 atom stereocenters. The molecule has 0 aromatic heterocycles. The number of nitrogens with zero attached hydrogens (tertiary/aromatic N) is 1. The van der Waals surface area contributed by atoms with E-state index in [2.05, 4.69) is 5.32 Å². The second-order valence-corrected chi connectivity index (χ2v) is 7.40. The lowest BCUT2D eigenvalue weighted by Gasteiger charge is -2.18. The quantitative estimate of drug-likeness (QED) is 0.773. The molecule has 0 bridgehead atoms. The minimum Gasteiger partial charge on any atom is -0.478 e. The molecule has 2 aromatic carbocycles. The van der Waals surface area contributed by atoms with Crippen LogP contribution in [0.25, 0.3) is 0 Å². The number of amides is 1. The number of rotatable bonds is 7. The molecule has 26 heavy (non-hydrogen) atoms. The van der Waals surface area contributed by atoms with Crippen molar-refractivity contribution >= 4 is 27.6 Å². The molecule has 138 valence electrons. The number of anilines is 1. The van der Waals surface area contributed by atoms with E-state index in [0.29, 0.717) is 18.8 Å². The zero-order valence-corrected chi connectivity index (χ0v) is 15.3. The Morgan fingerprint density at radius 3 is 2.23 bits per heavy atom. The lowest BCUT2D eigenvalue weighted by atomic mass is 10.2. The highest BCUT2D eigenvalue weighted by Crippen LogP contribution is 2.18. The maximum Gasteiger partial charge on any atom is 0.335 e. The Morgan fingerprint density at radius 2 is 1.62 bits per heavy atom. The van der Waals surface area contributed by atoms with Gasteiger partial charge in [-0.1, -0.05) is 26.0 Å². The molecule has 7 nitrogen and oxygen atoms in total. The average Bonchev–Trinajstić information content (AvgIpc) is 2.62. The van der Waals surface area contributed by atoms with E-state index >= 15 is 0 Å². The Kier molecular flexibility index (Phi) is 6.12. The molecule has 0 aliphatic heterocycles. The predicted molar refractivity (Wildman–Crippen MR) is 97.9 cm³/mol. The molecule has 0 spiro atoms. The standard InChI is InChI=1S/C18H20N2O5S/c1-3-20(4-2)26(24,25)16-10-6-7-13(12-16)17(21)19-15-9-5-8-14(11-15)18(22)23/h5-12H,3-4H2,1-2H3,(H,19,21)(H,22,23). The summed E-state index contributed by atoms with van der Waals surface area (Å²) in [4.78, 5) is 23.5. The second-order valence-electron chi connectivity index (χ2n) is 5.46. The van der Waals surface area contributed by atoms with Crippen LogP contribution in [0.3, 0.4) is 0 Å². The minimum absolute atomic E-state index is 0.0353. The molecule has 0 aliphatic carbocycles. The van der Waals surface area contributed by atoms with E-state index in [-0.39, 0.29) is 16.0 Å². The summed E-state index contributed by atoms with van der Waals surface area (Å²) in [5, 5.41) is 11.6. The number of carbonyl (C=O) groups excluding carboxylic acids is 1. The third kappa shape index (κ3) is 4.27. The minimum atomic E-state index is -3.67. The summed E-state index contributed by atoms with van der Waals surface area (Å²) in [5.74, 6) is -1.63. The van der Waals surface area contributed by atoms with Crippen molar-refractivity contribution in [1.82, 2.24) is 4.31 Å². The molecule has 0 radical (unpaired) electrons. The number of hydrogen-bond acceptors (Lipinski definition) is 4. The monoisotopic (exact) mass is 376 g/mol. The van der Waals surface area contributed by atoms with Crippen LogP contribution in [-0.4, -0.2) is 42.8 Å². The van der Waals surface area contributed by atoms with Gasteiger partial charge in [-0.3, -0.25) is 4.79 Å². The Bertz CT molecular complexity index is 921. The molecule has 0 unspecified atom stereocenters. The van der Waals surface area contributed by atoms with Crippen LogP contribution in [0.1, 0.15) is 34.6 Å². The van der Waals surface area contributed by atoms with Crippen LogP contribution < -0.4 is 5.32 Å². The van der Waals surface area contributed by atoms with Gasteiger partial charge in [0.2, 0.25) is 10.0 Å². The summed E-state index contributed by atoms with van der Waals surface area (Å²) in [5.41, 5.74) is 0.520. The van der Waals surface area contributed by atoms with Crippen molar-refractivity contribution in [2.24, 2.45) is 0 Å². The van der Waals surface area contributed by atoms with Gasteiger partial charge in [-0.05, 0) is 36.4 Å². The molecule has 2 N–H and O–H groups in total. The number of hydrogen-bond donors (Lipinski definition) is 2. The molecule has 8 heteroatoms. The summed E-state index contributed by atoms with van der Waals surface area (Å²) >= 11 is 0. The first kappa shape index (κ1) is 19.6. The van der Waals surface area contributed by atoms with Gasteiger partial charge in [-0.15, -0.1) is 0 Å². The van der Waals surface area contributed by atoms with Crippen LogP contribution in [0.4, 0.5) is 5.69 Å². The Labute approximate surface area is 152 Å². The molecular formula is C18H20N2O5S. The van der Waals surface area contributed by atoms with Gasteiger partial charge in [-0.25, -0.2) is 13.2 Å². The van der Waals surface area contributed by atoms with Gasteiger partial charge in [0.25, 0.3) is 5.91 Å². The first-order valence-electron chi connectivity index (χ1n) is 8.04. The van der Waals surface area contributed by atoms with Crippen LogP contribution in [0.2, 0.25) is 0 Å². The maximum absolute atomic E-state index is 12.6.